The van der Waals surface area contributed by atoms with Gasteiger partial charge >= 0.3 is 6.03 Å². The minimum absolute atomic E-state index is 0.179. The lowest BCUT2D eigenvalue weighted by atomic mass is 10.0. The Morgan fingerprint density at radius 3 is 2.47 bits per heavy atom. The van der Waals surface area contributed by atoms with Gasteiger partial charge in [-0.1, -0.05) is 12.1 Å². The zero-order valence-corrected chi connectivity index (χ0v) is 11.0. The van der Waals surface area contributed by atoms with Crippen LogP contribution in [0.3, 0.4) is 0 Å². The predicted octanol–water partition coefficient (Wildman–Crippen LogP) is 1.18. The molecule has 0 aliphatic carbocycles. The summed E-state index contributed by atoms with van der Waals surface area (Å²) in [7, 11) is 0. The zero-order chi connectivity index (χ0) is 13.7. The van der Waals surface area contributed by atoms with Crippen LogP contribution in [-0.4, -0.2) is 41.8 Å². The van der Waals surface area contributed by atoms with E-state index in [1.54, 1.807) is 4.90 Å². The van der Waals surface area contributed by atoms with Crippen LogP contribution in [-0.2, 0) is 6.42 Å². The largest absolute Gasteiger partial charge is 0.396 e. The quantitative estimate of drug-likeness (QED) is 0.763. The molecule has 0 aromatic heterocycles. The third-order valence-corrected chi connectivity index (χ3v) is 3.53. The number of rotatable bonds is 4. The van der Waals surface area contributed by atoms with Crippen LogP contribution in [0.15, 0.2) is 24.3 Å². The molecular weight excluding hydrogens is 242 g/mol. The van der Waals surface area contributed by atoms with E-state index in [1.807, 2.05) is 24.3 Å². The van der Waals surface area contributed by atoms with E-state index in [0.29, 0.717) is 12.5 Å². The van der Waals surface area contributed by atoms with Crippen molar-refractivity contribution in [1.29, 1.82) is 0 Å². The second kappa shape index (κ2) is 6.43. The number of carbonyl (C=O) groups is 1. The Kier molecular flexibility index (Phi) is 4.63. The number of hydrogen-bond donors (Lipinski definition) is 3. The van der Waals surface area contributed by atoms with Crippen molar-refractivity contribution in [2.75, 3.05) is 25.0 Å². The van der Waals surface area contributed by atoms with E-state index < -0.39 is 0 Å². The van der Waals surface area contributed by atoms with E-state index >= 15 is 0 Å². The normalized spacial score (nSPS) is 16.4. The molecule has 5 nitrogen and oxygen atoms in total. The number of carbonyl (C=O) groups excluding carboxylic acids is 1. The van der Waals surface area contributed by atoms with Crippen molar-refractivity contribution in [2.24, 2.45) is 5.73 Å². The molecule has 0 bridgehead atoms. The molecule has 1 saturated heterocycles. The van der Waals surface area contributed by atoms with Gasteiger partial charge in [-0.3, -0.25) is 0 Å². The van der Waals surface area contributed by atoms with Gasteiger partial charge in [-0.2, -0.15) is 0 Å². The molecule has 2 amide bonds. The predicted molar refractivity (Wildman–Crippen MR) is 75.0 cm³/mol. The van der Waals surface area contributed by atoms with Gasteiger partial charge in [-0.25, -0.2) is 4.79 Å². The Labute approximate surface area is 113 Å². The van der Waals surface area contributed by atoms with Crippen molar-refractivity contribution in [1.82, 2.24) is 4.90 Å². The number of anilines is 1. The van der Waals surface area contributed by atoms with Gasteiger partial charge in [0.1, 0.15) is 0 Å². The van der Waals surface area contributed by atoms with Crippen LogP contribution < -0.4 is 11.1 Å². The summed E-state index contributed by atoms with van der Waals surface area (Å²) in [6, 6.07) is 8.18. The molecule has 1 fully saturated rings. The summed E-state index contributed by atoms with van der Waals surface area (Å²) >= 11 is 0. The number of likely N-dealkylation sites (tertiary alicyclic amines) is 1. The lowest BCUT2D eigenvalue weighted by molar-refractivity contribution is 0.193. The van der Waals surface area contributed by atoms with Crippen LogP contribution in [0.25, 0.3) is 0 Å². The van der Waals surface area contributed by atoms with Crippen molar-refractivity contribution in [3.8, 4) is 0 Å². The third-order valence-electron chi connectivity index (χ3n) is 3.53. The average molecular weight is 263 g/mol. The summed E-state index contributed by atoms with van der Waals surface area (Å²) < 4.78 is 0. The standard InChI is InChI=1S/C14H21N3O2/c15-14(19)17-8-5-13(6-9-17)16-12-3-1-11(2-4-12)7-10-18/h1-4,13,16,18H,5-10H2,(H2,15,19). The number of urea groups is 1. The van der Waals surface area contributed by atoms with Gasteiger partial charge in [-0.05, 0) is 37.0 Å². The van der Waals surface area contributed by atoms with Crippen LogP contribution in [0.1, 0.15) is 18.4 Å². The Hall–Kier alpha value is -1.75. The molecule has 1 aromatic rings. The van der Waals surface area contributed by atoms with Gasteiger partial charge in [0, 0.05) is 31.4 Å². The Morgan fingerprint density at radius 1 is 1.32 bits per heavy atom. The van der Waals surface area contributed by atoms with Crippen LogP contribution in [0.5, 0.6) is 0 Å². The maximum absolute atomic E-state index is 11.0. The van der Waals surface area contributed by atoms with Crippen molar-refractivity contribution in [2.45, 2.75) is 25.3 Å². The van der Waals surface area contributed by atoms with Crippen LogP contribution >= 0.6 is 0 Å². The number of piperidine rings is 1. The Balaban J connectivity index is 1.83. The van der Waals surface area contributed by atoms with Crippen LogP contribution in [0.4, 0.5) is 10.5 Å². The molecule has 0 radical (unpaired) electrons. The molecule has 0 saturated carbocycles. The molecule has 104 valence electrons. The first-order chi connectivity index (χ1) is 9.19. The zero-order valence-electron chi connectivity index (χ0n) is 11.0. The van der Waals surface area contributed by atoms with Gasteiger partial charge in [0.05, 0.1) is 0 Å². The van der Waals surface area contributed by atoms with Crippen LogP contribution in [0, 0.1) is 0 Å². The molecule has 1 aliphatic rings. The number of aliphatic hydroxyl groups excluding tert-OH is 1. The SMILES string of the molecule is NC(=O)N1CCC(Nc2ccc(CCO)cc2)CC1. The van der Waals surface area contributed by atoms with E-state index in [4.69, 9.17) is 10.8 Å². The maximum atomic E-state index is 11.0. The van der Waals surface area contributed by atoms with Gasteiger partial charge in [0.2, 0.25) is 0 Å². The topological polar surface area (TPSA) is 78.6 Å². The van der Waals surface area contributed by atoms with E-state index in [1.165, 1.54) is 0 Å². The molecule has 5 heteroatoms. The smallest absolute Gasteiger partial charge is 0.314 e. The second-order valence-corrected chi connectivity index (χ2v) is 4.91. The number of nitrogens with two attached hydrogens (primary N) is 1. The number of nitrogens with one attached hydrogen (secondary N) is 1. The molecule has 4 N–H and O–H groups in total. The third kappa shape index (κ3) is 3.86. The average Bonchev–Trinajstić information content (AvgIpc) is 2.42. The molecule has 1 aromatic carbocycles. The fourth-order valence-corrected chi connectivity index (χ4v) is 2.38. The molecular formula is C14H21N3O2. The molecule has 2 rings (SSSR count). The van der Waals surface area contributed by atoms with Crippen molar-refractivity contribution < 1.29 is 9.90 Å². The number of primary amides is 1. The highest BCUT2D eigenvalue weighted by Crippen LogP contribution is 2.17. The number of nitrogens with zero attached hydrogens (tertiary/aromatic N) is 1. The summed E-state index contributed by atoms with van der Waals surface area (Å²) in [6.45, 7) is 1.61. The highest BCUT2D eigenvalue weighted by Gasteiger charge is 2.20. The van der Waals surface area contributed by atoms with Gasteiger partial charge in [0.25, 0.3) is 0 Å². The first-order valence-corrected chi connectivity index (χ1v) is 6.70. The molecule has 0 atom stereocenters. The Morgan fingerprint density at radius 2 is 1.95 bits per heavy atom. The first kappa shape index (κ1) is 13.7. The molecule has 19 heavy (non-hydrogen) atoms. The van der Waals surface area contributed by atoms with E-state index in [2.05, 4.69) is 5.32 Å². The fraction of sp³-hybridized carbons (Fsp3) is 0.500. The van der Waals surface area contributed by atoms with Gasteiger partial charge in [0.15, 0.2) is 0 Å². The van der Waals surface area contributed by atoms with Crippen molar-refractivity contribution in [3.05, 3.63) is 29.8 Å². The van der Waals surface area contributed by atoms with Crippen molar-refractivity contribution in [3.63, 3.8) is 0 Å². The lowest BCUT2D eigenvalue weighted by Crippen LogP contribution is -2.44. The highest BCUT2D eigenvalue weighted by atomic mass is 16.3. The van der Waals surface area contributed by atoms with E-state index in [9.17, 15) is 4.79 Å². The summed E-state index contributed by atoms with van der Waals surface area (Å²) in [6.07, 6.45) is 2.53. The molecule has 0 unspecified atom stereocenters. The van der Waals surface area contributed by atoms with E-state index in [0.717, 1.165) is 37.2 Å². The Bertz CT molecular complexity index is 411. The summed E-state index contributed by atoms with van der Waals surface area (Å²) in [5.41, 5.74) is 7.47. The minimum Gasteiger partial charge on any atom is -0.396 e. The lowest BCUT2D eigenvalue weighted by Gasteiger charge is -2.31. The summed E-state index contributed by atoms with van der Waals surface area (Å²) in [5, 5.41) is 12.3. The van der Waals surface area contributed by atoms with Crippen molar-refractivity contribution >= 4 is 11.7 Å². The first-order valence-electron chi connectivity index (χ1n) is 6.70. The molecule has 1 aliphatic heterocycles. The number of hydrogen-bond acceptors (Lipinski definition) is 3. The van der Waals surface area contributed by atoms with Crippen LogP contribution in [0.2, 0.25) is 0 Å². The fourth-order valence-electron chi connectivity index (χ4n) is 2.38. The summed E-state index contributed by atoms with van der Waals surface area (Å²) in [4.78, 5) is 12.7. The second-order valence-electron chi connectivity index (χ2n) is 4.91. The minimum atomic E-state index is -0.327. The van der Waals surface area contributed by atoms with Gasteiger partial charge in [-0.15, -0.1) is 0 Å². The summed E-state index contributed by atoms with van der Waals surface area (Å²) in [5.74, 6) is 0. The molecule has 1 heterocycles. The highest BCUT2D eigenvalue weighted by molar-refractivity contribution is 5.72. The number of amides is 2. The maximum Gasteiger partial charge on any atom is 0.314 e. The number of aliphatic hydroxyl groups is 1. The number of benzene rings is 1. The van der Waals surface area contributed by atoms with Gasteiger partial charge < -0.3 is 21.1 Å². The van der Waals surface area contributed by atoms with E-state index in [-0.39, 0.29) is 12.6 Å². The molecule has 0 spiro atoms. The monoisotopic (exact) mass is 263 g/mol.